The quantitative estimate of drug-likeness (QED) is 0.749. The van der Waals surface area contributed by atoms with Crippen molar-refractivity contribution in [1.82, 2.24) is 4.90 Å². The fourth-order valence-corrected chi connectivity index (χ4v) is 4.46. The van der Waals surface area contributed by atoms with Crippen molar-refractivity contribution in [3.05, 3.63) is 45.7 Å². The minimum absolute atomic E-state index is 0.108. The first-order valence-corrected chi connectivity index (χ1v) is 9.69. The molecule has 0 radical (unpaired) electrons. The fraction of sp³-hybridized carbons (Fsp3) is 0.389. The van der Waals surface area contributed by atoms with Gasteiger partial charge in [0, 0.05) is 35.3 Å². The lowest BCUT2D eigenvalue weighted by Crippen LogP contribution is -2.47. The maximum atomic E-state index is 12.7. The minimum Gasteiger partial charge on any atom is -0.347 e. The van der Waals surface area contributed by atoms with E-state index in [2.05, 4.69) is 28.1 Å². The van der Waals surface area contributed by atoms with Gasteiger partial charge in [0.25, 0.3) is 5.91 Å². The van der Waals surface area contributed by atoms with Crippen LogP contribution in [0.4, 0.5) is 0 Å². The van der Waals surface area contributed by atoms with Crippen LogP contribution in [0.1, 0.15) is 22.5 Å². The van der Waals surface area contributed by atoms with Crippen LogP contribution >= 0.6 is 27.3 Å². The Morgan fingerprint density at radius 3 is 2.38 bits per heavy atom. The lowest BCUT2D eigenvalue weighted by molar-refractivity contribution is -0.181. The Bertz CT molecular complexity index is 727. The summed E-state index contributed by atoms with van der Waals surface area (Å²) in [4.78, 5) is 16.6. The van der Waals surface area contributed by atoms with Gasteiger partial charge in [-0.25, -0.2) is 0 Å². The summed E-state index contributed by atoms with van der Waals surface area (Å²) in [6.45, 7) is 2.69. The van der Waals surface area contributed by atoms with E-state index in [4.69, 9.17) is 9.47 Å². The molecule has 4 nitrogen and oxygen atoms in total. The SMILES string of the molecule is O=C(c1ccc(-c2ccc(Br)cc2)s1)N1CCC2(CC1)OCCO2. The molecule has 126 valence electrons. The van der Waals surface area contributed by atoms with Crippen LogP contribution in [0.3, 0.4) is 0 Å². The summed E-state index contributed by atoms with van der Waals surface area (Å²) in [6.07, 6.45) is 1.51. The Hall–Kier alpha value is -1.21. The zero-order valence-corrected chi connectivity index (χ0v) is 15.6. The van der Waals surface area contributed by atoms with E-state index in [0.29, 0.717) is 26.3 Å². The van der Waals surface area contributed by atoms with Gasteiger partial charge in [0.05, 0.1) is 18.1 Å². The largest absolute Gasteiger partial charge is 0.347 e. The van der Waals surface area contributed by atoms with Crippen molar-refractivity contribution < 1.29 is 14.3 Å². The molecule has 2 fully saturated rings. The molecule has 3 heterocycles. The number of thiophene rings is 1. The molecule has 1 aromatic heterocycles. The molecule has 0 N–H and O–H groups in total. The number of ether oxygens (including phenoxy) is 2. The topological polar surface area (TPSA) is 38.8 Å². The van der Waals surface area contributed by atoms with Gasteiger partial charge in [0.1, 0.15) is 0 Å². The normalized spacial score (nSPS) is 19.8. The zero-order valence-electron chi connectivity index (χ0n) is 13.2. The van der Waals surface area contributed by atoms with Crippen molar-refractivity contribution in [3.63, 3.8) is 0 Å². The number of benzene rings is 1. The molecule has 2 aromatic rings. The van der Waals surface area contributed by atoms with Gasteiger partial charge in [-0.15, -0.1) is 11.3 Å². The Balaban J connectivity index is 1.45. The van der Waals surface area contributed by atoms with Crippen molar-refractivity contribution >= 4 is 33.2 Å². The molecular weight excluding hydrogens is 390 g/mol. The average molecular weight is 408 g/mol. The average Bonchev–Trinajstić information content (AvgIpc) is 3.26. The van der Waals surface area contributed by atoms with Crippen LogP contribution in [-0.4, -0.2) is 42.9 Å². The Morgan fingerprint density at radius 2 is 1.71 bits per heavy atom. The van der Waals surface area contributed by atoms with E-state index in [1.165, 1.54) is 0 Å². The molecular formula is C18H18BrNO3S. The predicted molar refractivity (Wildman–Crippen MR) is 97.2 cm³/mol. The van der Waals surface area contributed by atoms with E-state index in [0.717, 1.165) is 32.6 Å². The molecule has 0 atom stereocenters. The number of amides is 1. The summed E-state index contributed by atoms with van der Waals surface area (Å²) in [5.74, 6) is -0.328. The van der Waals surface area contributed by atoms with Crippen LogP contribution in [0, 0.1) is 0 Å². The first kappa shape index (κ1) is 16.3. The third-order valence-electron chi connectivity index (χ3n) is 4.57. The molecule has 0 bridgehead atoms. The van der Waals surface area contributed by atoms with Gasteiger partial charge in [-0.3, -0.25) is 4.79 Å². The molecule has 2 saturated heterocycles. The first-order valence-electron chi connectivity index (χ1n) is 8.08. The van der Waals surface area contributed by atoms with Gasteiger partial charge < -0.3 is 14.4 Å². The Labute approximate surface area is 153 Å². The molecule has 1 aromatic carbocycles. The number of nitrogens with zero attached hydrogens (tertiary/aromatic N) is 1. The summed E-state index contributed by atoms with van der Waals surface area (Å²) in [6, 6.07) is 12.1. The van der Waals surface area contributed by atoms with Crippen LogP contribution < -0.4 is 0 Å². The number of halogens is 1. The van der Waals surface area contributed by atoms with E-state index in [-0.39, 0.29) is 5.91 Å². The second-order valence-electron chi connectivity index (χ2n) is 6.07. The maximum Gasteiger partial charge on any atom is 0.263 e. The summed E-state index contributed by atoms with van der Waals surface area (Å²) in [7, 11) is 0. The Morgan fingerprint density at radius 1 is 1.04 bits per heavy atom. The number of carbonyl (C=O) groups excluding carboxylic acids is 1. The summed E-state index contributed by atoms with van der Waals surface area (Å²) >= 11 is 4.99. The van der Waals surface area contributed by atoms with Crippen LogP contribution in [0.2, 0.25) is 0 Å². The van der Waals surface area contributed by atoms with E-state index in [1.807, 2.05) is 29.2 Å². The predicted octanol–water partition coefficient (Wildman–Crippen LogP) is 4.16. The molecule has 4 rings (SSSR count). The molecule has 2 aliphatic heterocycles. The number of piperidine rings is 1. The van der Waals surface area contributed by atoms with E-state index >= 15 is 0 Å². The summed E-state index contributed by atoms with van der Waals surface area (Å²) < 4.78 is 12.5. The first-order chi connectivity index (χ1) is 11.7. The molecule has 0 saturated carbocycles. The molecule has 0 aliphatic carbocycles. The summed E-state index contributed by atoms with van der Waals surface area (Å²) in [5, 5.41) is 0. The van der Waals surface area contributed by atoms with Crippen LogP contribution in [-0.2, 0) is 9.47 Å². The second-order valence-corrected chi connectivity index (χ2v) is 8.07. The smallest absolute Gasteiger partial charge is 0.263 e. The number of carbonyl (C=O) groups is 1. The van der Waals surface area contributed by atoms with E-state index < -0.39 is 5.79 Å². The lowest BCUT2D eigenvalue weighted by atomic mass is 10.0. The highest BCUT2D eigenvalue weighted by Gasteiger charge is 2.41. The van der Waals surface area contributed by atoms with Crippen LogP contribution in [0.25, 0.3) is 10.4 Å². The standard InChI is InChI=1S/C18H18BrNO3S/c19-14-3-1-13(2-4-14)15-5-6-16(24-15)17(21)20-9-7-18(8-10-20)22-11-12-23-18/h1-6H,7-12H2. The van der Waals surface area contributed by atoms with Gasteiger partial charge in [0.2, 0.25) is 0 Å². The number of hydrogen-bond donors (Lipinski definition) is 0. The van der Waals surface area contributed by atoms with Crippen molar-refractivity contribution in [2.24, 2.45) is 0 Å². The second kappa shape index (κ2) is 6.59. The number of hydrogen-bond acceptors (Lipinski definition) is 4. The molecule has 0 unspecified atom stereocenters. The molecule has 1 spiro atoms. The number of rotatable bonds is 2. The fourth-order valence-electron chi connectivity index (χ4n) is 3.21. The van der Waals surface area contributed by atoms with Gasteiger partial charge in [-0.2, -0.15) is 0 Å². The van der Waals surface area contributed by atoms with Crippen molar-refractivity contribution in [1.29, 1.82) is 0 Å². The molecule has 6 heteroatoms. The highest BCUT2D eigenvalue weighted by Crippen LogP contribution is 2.33. The maximum absolute atomic E-state index is 12.7. The van der Waals surface area contributed by atoms with Gasteiger partial charge in [-0.05, 0) is 29.8 Å². The van der Waals surface area contributed by atoms with E-state index in [1.54, 1.807) is 11.3 Å². The Kier molecular flexibility index (Phi) is 4.47. The number of likely N-dealkylation sites (tertiary alicyclic amines) is 1. The zero-order chi connectivity index (χ0) is 16.6. The highest BCUT2D eigenvalue weighted by molar-refractivity contribution is 9.10. The minimum atomic E-state index is -0.436. The van der Waals surface area contributed by atoms with Gasteiger partial charge in [-0.1, -0.05) is 28.1 Å². The van der Waals surface area contributed by atoms with Gasteiger partial charge >= 0.3 is 0 Å². The monoisotopic (exact) mass is 407 g/mol. The summed E-state index contributed by atoms with van der Waals surface area (Å²) in [5.41, 5.74) is 1.13. The third kappa shape index (κ3) is 3.16. The van der Waals surface area contributed by atoms with Crippen LogP contribution in [0.15, 0.2) is 40.9 Å². The van der Waals surface area contributed by atoms with Crippen molar-refractivity contribution in [2.45, 2.75) is 18.6 Å². The third-order valence-corrected chi connectivity index (χ3v) is 6.22. The van der Waals surface area contributed by atoms with E-state index in [9.17, 15) is 4.79 Å². The molecule has 24 heavy (non-hydrogen) atoms. The molecule has 1 amide bonds. The van der Waals surface area contributed by atoms with Gasteiger partial charge in [0.15, 0.2) is 5.79 Å². The molecule has 2 aliphatic rings. The van der Waals surface area contributed by atoms with Crippen molar-refractivity contribution in [2.75, 3.05) is 26.3 Å². The van der Waals surface area contributed by atoms with Crippen molar-refractivity contribution in [3.8, 4) is 10.4 Å². The van der Waals surface area contributed by atoms with Crippen LogP contribution in [0.5, 0.6) is 0 Å². The highest BCUT2D eigenvalue weighted by atomic mass is 79.9. The lowest BCUT2D eigenvalue weighted by Gasteiger charge is -2.37.